The molecule has 0 saturated carbocycles. The van der Waals surface area contributed by atoms with Crippen LogP contribution in [-0.4, -0.2) is 46.4 Å². The molecule has 7 heteroatoms. The summed E-state index contributed by atoms with van der Waals surface area (Å²) in [6.45, 7) is 3.47. The summed E-state index contributed by atoms with van der Waals surface area (Å²) in [5.41, 5.74) is 3.80. The zero-order valence-electron chi connectivity index (χ0n) is 15.1. The highest BCUT2D eigenvalue weighted by atomic mass is 16.2. The van der Waals surface area contributed by atoms with E-state index in [0.29, 0.717) is 25.5 Å². The van der Waals surface area contributed by atoms with E-state index in [0.717, 1.165) is 22.3 Å². The molecule has 1 aliphatic heterocycles. The third-order valence-corrected chi connectivity index (χ3v) is 4.67. The van der Waals surface area contributed by atoms with Gasteiger partial charge in [0.1, 0.15) is 12.4 Å². The Bertz CT molecular complexity index is 946. The highest BCUT2D eigenvalue weighted by Crippen LogP contribution is 2.20. The van der Waals surface area contributed by atoms with Gasteiger partial charge in [0.15, 0.2) is 0 Å². The number of nitrogens with one attached hydrogen (secondary N) is 2. The number of hydrogen-bond acceptors (Lipinski definition) is 3. The highest BCUT2D eigenvalue weighted by Gasteiger charge is 2.30. The van der Waals surface area contributed by atoms with E-state index in [1.807, 2.05) is 55.5 Å². The van der Waals surface area contributed by atoms with Gasteiger partial charge in [-0.2, -0.15) is 0 Å². The van der Waals surface area contributed by atoms with Gasteiger partial charge in [0.05, 0.1) is 17.6 Å². The van der Waals surface area contributed by atoms with Crippen molar-refractivity contribution in [1.82, 2.24) is 20.2 Å². The van der Waals surface area contributed by atoms with E-state index in [2.05, 4.69) is 15.3 Å². The Hall–Kier alpha value is -3.35. The minimum atomic E-state index is -0.199. The van der Waals surface area contributed by atoms with E-state index < -0.39 is 0 Å². The largest absolute Gasteiger partial charge is 0.347 e. The molecule has 1 saturated heterocycles. The van der Waals surface area contributed by atoms with Crippen molar-refractivity contribution in [3.8, 4) is 0 Å². The van der Waals surface area contributed by atoms with Gasteiger partial charge in [-0.05, 0) is 31.2 Å². The van der Waals surface area contributed by atoms with Crippen molar-refractivity contribution in [2.75, 3.05) is 24.5 Å². The number of aryl methyl sites for hydroxylation is 1. The van der Waals surface area contributed by atoms with E-state index >= 15 is 0 Å². The number of amides is 3. The SMILES string of the molecule is Cc1ccc(N2CCN(CC(=O)NCc3nc4ccccc4[nH]3)C2=O)cc1. The van der Waals surface area contributed by atoms with Crippen LogP contribution < -0.4 is 10.2 Å². The van der Waals surface area contributed by atoms with Crippen LogP contribution in [0.4, 0.5) is 10.5 Å². The van der Waals surface area contributed by atoms with Crippen molar-refractivity contribution in [1.29, 1.82) is 0 Å². The first-order valence-corrected chi connectivity index (χ1v) is 8.93. The number of aromatic nitrogens is 2. The molecule has 27 heavy (non-hydrogen) atoms. The lowest BCUT2D eigenvalue weighted by molar-refractivity contribution is -0.121. The zero-order chi connectivity index (χ0) is 18.8. The summed E-state index contributed by atoms with van der Waals surface area (Å²) < 4.78 is 0. The average molecular weight is 363 g/mol. The number of benzene rings is 2. The Kier molecular flexibility index (Phi) is 4.50. The number of imidazole rings is 1. The second-order valence-electron chi connectivity index (χ2n) is 6.67. The second-order valence-corrected chi connectivity index (χ2v) is 6.67. The maximum Gasteiger partial charge on any atom is 0.325 e. The number of anilines is 1. The van der Waals surface area contributed by atoms with E-state index in [4.69, 9.17) is 0 Å². The molecule has 138 valence electrons. The van der Waals surface area contributed by atoms with Gasteiger partial charge >= 0.3 is 6.03 Å². The molecule has 1 aromatic heterocycles. The summed E-state index contributed by atoms with van der Waals surface area (Å²) in [4.78, 5) is 35.7. The molecule has 3 aromatic rings. The van der Waals surface area contributed by atoms with Gasteiger partial charge in [0.2, 0.25) is 5.91 Å². The van der Waals surface area contributed by atoms with E-state index in [9.17, 15) is 9.59 Å². The molecule has 2 heterocycles. The Morgan fingerprint density at radius 1 is 1.15 bits per heavy atom. The van der Waals surface area contributed by atoms with Gasteiger partial charge in [-0.15, -0.1) is 0 Å². The number of H-pyrrole nitrogens is 1. The molecule has 0 unspecified atom stereocenters. The van der Waals surface area contributed by atoms with Crippen molar-refractivity contribution in [2.45, 2.75) is 13.5 Å². The summed E-state index contributed by atoms with van der Waals surface area (Å²) >= 11 is 0. The molecule has 1 aliphatic rings. The summed E-state index contributed by atoms with van der Waals surface area (Å²) in [5.74, 6) is 0.494. The first-order chi connectivity index (χ1) is 13.1. The fraction of sp³-hybridized carbons (Fsp3) is 0.250. The maximum absolute atomic E-state index is 12.6. The normalized spacial score (nSPS) is 14.2. The molecule has 0 aliphatic carbocycles. The van der Waals surface area contributed by atoms with Gasteiger partial charge in [0.25, 0.3) is 0 Å². The third-order valence-electron chi connectivity index (χ3n) is 4.67. The molecule has 4 rings (SSSR count). The molecule has 3 amide bonds. The van der Waals surface area contributed by atoms with Crippen molar-refractivity contribution in [3.05, 3.63) is 59.9 Å². The first-order valence-electron chi connectivity index (χ1n) is 8.93. The number of fused-ring (bicyclic) bond motifs is 1. The predicted octanol–water partition coefficient (Wildman–Crippen LogP) is 2.43. The molecule has 1 fully saturated rings. The van der Waals surface area contributed by atoms with Crippen molar-refractivity contribution < 1.29 is 9.59 Å². The monoisotopic (exact) mass is 363 g/mol. The molecule has 0 bridgehead atoms. The zero-order valence-corrected chi connectivity index (χ0v) is 15.1. The van der Waals surface area contributed by atoms with Gasteiger partial charge in [0, 0.05) is 18.8 Å². The fourth-order valence-electron chi connectivity index (χ4n) is 3.19. The Morgan fingerprint density at radius 3 is 2.70 bits per heavy atom. The van der Waals surface area contributed by atoms with Crippen molar-refractivity contribution >= 4 is 28.7 Å². The number of urea groups is 1. The topological polar surface area (TPSA) is 81.3 Å². The Morgan fingerprint density at radius 2 is 1.93 bits per heavy atom. The van der Waals surface area contributed by atoms with Gasteiger partial charge < -0.3 is 15.2 Å². The van der Waals surface area contributed by atoms with Crippen LogP contribution in [0.15, 0.2) is 48.5 Å². The maximum atomic E-state index is 12.6. The molecule has 0 radical (unpaired) electrons. The summed E-state index contributed by atoms with van der Waals surface area (Å²) in [7, 11) is 0. The summed E-state index contributed by atoms with van der Waals surface area (Å²) in [5, 5.41) is 2.82. The Balaban J connectivity index is 1.33. The smallest absolute Gasteiger partial charge is 0.325 e. The number of rotatable bonds is 5. The molecule has 0 spiro atoms. The highest BCUT2D eigenvalue weighted by molar-refractivity contribution is 5.96. The molecule has 2 aromatic carbocycles. The minimum absolute atomic E-state index is 0.0431. The van der Waals surface area contributed by atoms with E-state index in [-0.39, 0.29) is 18.5 Å². The number of carbonyl (C=O) groups excluding carboxylic acids is 2. The average Bonchev–Trinajstić information content (AvgIpc) is 3.24. The van der Waals surface area contributed by atoms with Gasteiger partial charge in [-0.3, -0.25) is 9.69 Å². The number of hydrogen-bond donors (Lipinski definition) is 2. The van der Waals surface area contributed by atoms with Crippen LogP contribution in [0.3, 0.4) is 0 Å². The number of nitrogens with zero attached hydrogens (tertiary/aromatic N) is 3. The van der Waals surface area contributed by atoms with Gasteiger partial charge in [-0.25, -0.2) is 9.78 Å². The van der Waals surface area contributed by atoms with Crippen LogP contribution in [-0.2, 0) is 11.3 Å². The summed E-state index contributed by atoms with van der Waals surface area (Å²) in [6.07, 6.45) is 0. The minimum Gasteiger partial charge on any atom is -0.347 e. The second kappa shape index (κ2) is 7.11. The van der Waals surface area contributed by atoms with Gasteiger partial charge in [-0.1, -0.05) is 29.8 Å². The molecular weight excluding hydrogens is 342 g/mol. The molecule has 0 atom stereocenters. The Labute approximate surface area is 157 Å². The quantitative estimate of drug-likeness (QED) is 0.730. The standard InChI is InChI=1S/C20H21N5O2/c1-14-6-8-15(9-7-14)25-11-10-24(20(25)27)13-19(26)21-12-18-22-16-4-2-3-5-17(16)23-18/h2-9H,10-13H2,1H3,(H,21,26)(H,22,23). The van der Waals surface area contributed by atoms with Crippen LogP contribution in [0.1, 0.15) is 11.4 Å². The lowest BCUT2D eigenvalue weighted by Crippen LogP contribution is -2.39. The fourth-order valence-corrected chi connectivity index (χ4v) is 3.19. The third kappa shape index (κ3) is 3.62. The number of aromatic amines is 1. The van der Waals surface area contributed by atoms with Crippen LogP contribution in [0.2, 0.25) is 0 Å². The van der Waals surface area contributed by atoms with Crippen molar-refractivity contribution in [3.63, 3.8) is 0 Å². The van der Waals surface area contributed by atoms with Crippen LogP contribution in [0.5, 0.6) is 0 Å². The molecule has 2 N–H and O–H groups in total. The molecule has 7 nitrogen and oxygen atoms in total. The lowest BCUT2D eigenvalue weighted by Gasteiger charge is -2.18. The van der Waals surface area contributed by atoms with E-state index in [1.54, 1.807) is 9.80 Å². The lowest BCUT2D eigenvalue weighted by atomic mass is 10.2. The number of carbonyl (C=O) groups is 2. The van der Waals surface area contributed by atoms with Crippen molar-refractivity contribution in [2.24, 2.45) is 0 Å². The molecular formula is C20H21N5O2. The van der Waals surface area contributed by atoms with Crippen LogP contribution in [0, 0.1) is 6.92 Å². The van der Waals surface area contributed by atoms with Crippen LogP contribution in [0.25, 0.3) is 11.0 Å². The van der Waals surface area contributed by atoms with E-state index in [1.165, 1.54) is 0 Å². The summed E-state index contributed by atoms with van der Waals surface area (Å²) in [6, 6.07) is 15.4. The predicted molar refractivity (Wildman–Crippen MR) is 103 cm³/mol. The van der Waals surface area contributed by atoms with Crippen LogP contribution >= 0.6 is 0 Å². The first kappa shape index (κ1) is 17.1. The number of para-hydroxylation sites is 2.